The first kappa shape index (κ1) is 14.6. The maximum absolute atomic E-state index is 5.47. The first-order valence-corrected chi connectivity index (χ1v) is 7.79. The Labute approximate surface area is 139 Å². The Kier molecular flexibility index (Phi) is 3.37. The Morgan fingerprint density at radius 1 is 1.04 bits per heavy atom. The molecule has 4 rings (SSSR count). The van der Waals surface area contributed by atoms with E-state index < -0.39 is 0 Å². The van der Waals surface area contributed by atoms with Gasteiger partial charge in [0.1, 0.15) is 11.5 Å². The lowest BCUT2D eigenvalue weighted by molar-refractivity contribution is 0.580. The fourth-order valence-electron chi connectivity index (χ4n) is 2.73. The molecule has 24 heavy (non-hydrogen) atoms. The van der Waals surface area contributed by atoms with Crippen LogP contribution >= 0.6 is 0 Å². The Morgan fingerprint density at radius 3 is 2.67 bits per heavy atom. The van der Waals surface area contributed by atoms with E-state index in [1.54, 1.807) is 10.9 Å². The van der Waals surface area contributed by atoms with Gasteiger partial charge in [-0.25, -0.2) is 14.6 Å². The van der Waals surface area contributed by atoms with Crippen LogP contribution in [0.5, 0.6) is 0 Å². The van der Waals surface area contributed by atoms with Crippen LogP contribution in [-0.4, -0.2) is 25.0 Å². The molecule has 0 unspecified atom stereocenters. The smallest absolute Gasteiger partial charge is 0.182 e. The minimum atomic E-state index is 0.617. The summed E-state index contributed by atoms with van der Waals surface area (Å²) in [5.41, 5.74) is 5.75. The fraction of sp³-hybridized carbons (Fsp3) is 0.222. The van der Waals surface area contributed by atoms with E-state index in [2.05, 4.69) is 52.3 Å². The summed E-state index contributed by atoms with van der Waals surface area (Å²) < 4.78 is 7.28. The summed E-state index contributed by atoms with van der Waals surface area (Å²) in [5.74, 6) is 1.33. The van der Waals surface area contributed by atoms with Crippen molar-refractivity contribution in [2.24, 2.45) is 0 Å². The highest BCUT2D eigenvalue weighted by Gasteiger charge is 2.16. The topological polar surface area (TPSA) is 69.6 Å². The lowest BCUT2D eigenvalue weighted by Crippen LogP contribution is -2.04. The predicted octanol–water partition coefficient (Wildman–Crippen LogP) is 3.45. The van der Waals surface area contributed by atoms with Gasteiger partial charge in [-0.1, -0.05) is 23.4 Å². The summed E-state index contributed by atoms with van der Waals surface area (Å²) in [6.07, 6.45) is 1.62. The van der Waals surface area contributed by atoms with Crippen molar-refractivity contribution in [3.05, 3.63) is 59.1 Å². The van der Waals surface area contributed by atoms with Gasteiger partial charge in [-0.3, -0.25) is 0 Å². The number of benzene rings is 1. The second kappa shape index (κ2) is 5.56. The van der Waals surface area contributed by atoms with Gasteiger partial charge in [0.15, 0.2) is 16.9 Å². The van der Waals surface area contributed by atoms with E-state index >= 15 is 0 Å². The first-order valence-electron chi connectivity index (χ1n) is 7.79. The molecule has 3 heterocycles. The highest BCUT2D eigenvalue weighted by molar-refractivity contribution is 5.84. The monoisotopic (exact) mass is 319 g/mol. The summed E-state index contributed by atoms with van der Waals surface area (Å²) in [5, 5.41) is 8.56. The van der Waals surface area contributed by atoms with Crippen molar-refractivity contribution in [3.63, 3.8) is 0 Å². The molecule has 0 aliphatic carbocycles. The van der Waals surface area contributed by atoms with Crippen molar-refractivity contribution in [1.82, 2.24) is 25.0 Å². The molecule has 0 fully saturated rings. The molecular weight excluding hydrogens is 302 g/mol. The van der Waals surface area contributed by atoms with Crippen LogP contribution in [0.3, 0.4) is 0 Å². The molecule has 0 aliphatic heterocycles. The standard InChI is InChI=1S/C18H17N5O/c1-11-6-7-14(9-12(11)2)10-23-18-17(21-22-23)16(19-13(3)20-18)15-5-4-8-24-15/h4-9H,10H2,1-3H3. The van der Waals surface area contributed by atoms with Gasteiger partial charge in [-0.2, -0.15) is 0 Å². The van der Waals surface area contributed by atoms with Gasteiger partial charge in [-0.05, 0) is 49.6 Å². The number of furan rings is 1. The van der Waals surface area contributed by atoms with Crippen LogP contribution in [0.15, 0.2) is 41.0 Å². The van der Waals surface area contributed by atoms with Crippen molar-refractivity contribution < 1.29 is 4.42 Å². The van der Waals surface area contributed by atoms with Crippen molar-refractivity contribution >= 4 is 11.2 Å². The van der Waals surface area contributed by atoms with Crippen LogP contribution in [-0.2, 0) is 6.54 Å². The molecular formula is C18H17N5O. The van der Waals surface area contributed by atoms with E-state index in [9.17, 15) is 0 Å². The van der Waals surface area contributed by atoms with Gasteiger partial charge in [0.2, 0.25) is 0 Å². The first-order chi connectivity index (χ1) is 11.6. The van der Waals surface area contributed by atoms with Crippen molar-refractivity contribution in [2.75, 3.05) is 0 Å². The van der Waals surface area contributed by atoms with Gasteiger partial charge in [0.05, 0.1) is 12.8 Å². The van der Waals surface area contributed by atoms with Crippen LogP contribution in [0.4, 0.5) is 0 Å². The average molecular weight is 319 g/mol. The molecule has 0 amide bonds. The highest BCUT2D eigenvalue weighted by Crippen LogP contribution is 2.25. The van der Waals surface area contributed by atoms with E-state index in [-0.39, 0.29) is 0 Å². The zero-order valence-corrected chi connectivity index (χ0v) is 13.8. The average Bonchev–Trinajstić information content (AvgIpc) is 3.21. The maximum atomic E-state index is 5.47. The Hall–Kier alpha value is -3.02. The predicted molar refractivity (Wildman–Crippen MR) is 90.6 cm³/mol. The highest BCUT2D eigenvalue weighted by atomic mass is 16.3. The lowest BCUT2D eigenvalue weighted by atomic mass is 10.1. The molecule has 6 heteroatoms. The molecule has 0 radical (unpaired) electrons. The quantitative estimate of drug-likeness (QED) is 0.578. The summed E-state index contributed by atoms with van der Waals surface area (Å²) in [6.45, 7) is 6.70. The maximum Gasteiger partial charge on any atom is 0.182 e. The number of rotatable bonds is 3. The molecule has 0 saturated heterocycles. The van der Waals surface area contributed by atoms with E-state index in [0.717, 1.165) is 0 Å². The van der Waals surface area contributed by atoms with Crippen LogP contribution in [0.1, 0.15) is 22.5 Å². The second-order valence-corrected chi connectivity index (χ2v) is 5.93. The molecule has 1 aromatic carbocycles. The largest absolute Gasteiger partial charge is 0.463 e. The SMILES string of the molecule is Cc1nc(-c2ccco2)c2nnn(Cc3ccc(C)c(C)c3)c2n1. The van der Waals surface area contributed by atoms with E-state index in [1.165, 1.54) is 16.7 Å². The molecule has 6 nitrogen and oxygen atoms in total. The van der Waals surface area contributed by atoms with E-state index in [4.69, 9.17) is 4.42 Å². The fourth-order valence-corrected chi connectivity index (χ4v) is 2.73. The molecule has 0 saturated carbocycles. The zero-order chi connectivity index (χ0) is 16.7. The summed E-state index contributed by atoms with van der Waals surface area (Å²) in [6, 6.07) is 10.1. The number of hydrogen-bond acceptors (Lipinski definition) is 5. The normalized spacial score (nSPS) is 11.3. The third-order valence-electron chi connectivity index (χ3n) is 4.13. The van der Waals surface area contributed by atoms with Crippen LogP contribution in [0, 0.1) is 20.8 Å². The van der Waals surface area contributed by atoms with Crippen LogP contribution in [0.25, 0.3) is 22.6 Å². The molecule has 0 spiro atoms. The summed E-state index contributed by atoms with van der Waals surface area (Å²) in [4.78, 5) is 9.00. The van der Waals surface area contributed by atoms with Gasteiger partial charge < -0.3 is 4.42 Å². The Bertz CT molecular complexity index is 1020. The number of nitrogens with zero attached hydrogens (tertiary/aromatic N) is 5. The third kappa shape index (κ3) is 2.46. The second-order valence-electron chi connectivity index (χ2n) is 5.93. The minimum absolute atomic E-state index is 0.617. The molecule has 0 N–H and O–H groups in total. The molecule has 0 bridgehead atoms. The third-order valence-corrected chi connectivity index (χ3v) is 4.13. The minimum Gasteiger partial charge on any atom is -0.463 e. The number of fused-ring (bicyclic) bond motifs is 1. The molecule has 4 aromatic rings. The van der Waals surface area contributed by atoms with Gasteiger partial charge >= 0.3 is 0 Å². The van der Waals surface area contributed by atoms with Crippen LogP contribution in [0.2, 0.25) is 0 Å². The van der Waals surface area contributed by atoms with E-state index in [0.29, 0.717) is 35.0 Å². The molecule has 3 aromatic heterocycles. The van der Waals surface area contributed by atoms with Crippen molar-refractivity contribution in [2.45, 2.75) is 27.3 Å². The zero-order valence-electron chi connectivity index (χ0n) is 13.8. The van der Waals surface area contributed by atoms with Gasteiger partial charge in [0.25, 0.3) is 0 Å². The lowest BCUT2D eigenvalue weighted by Gasteiger charge is -2.06. The number of aryl methyl sites for hydroxylation is 3. The summed E-state index contributed by atoms with van der Waals surface area (Å²) >= 11 is 0. The van der Waals surface area contributed by atoms with E-state index in [1.807, 2.05) is 19.1 Å². The Balaban J connectivity index is 1.81. The molecule has 120 valence electrons. The molecule has 0 atom stereocenters. The van der Waals surface area contributed by atoms with Crippen molar-refractivity contribution in [1.29, 1.82) is 0 Å². The summed E-state index contributed by atoms with van der Waals surface area (Å²) in [7, 11) is 0. The number of hydrogen-bond donors (Lipinski definition) is 0. The van der Waals surface area contributed by atoms with Gasteiger partial charge in [0, 0.05) is 0 Å². The van der Waals surface area contributed by atoms with Gasteiger partial charge in [-0.15, -0.1) is 5.10 Å². The van der Waals surface area contributed by atoms with Crippen molar-refractivity contribution in [3.8, 4) is 11.5 Å². The number of aromatic nitrogens is 5. The van der Waals surface area contributed by atoms with Crippen LogP contribution < -0.4 is 0 Å². The Morgan fingerprint density at radius 2 is 1.92 bits per heavy atom. The molecule has 0 aliphatic rings.